The number of hydrogen-bond acceptors (Lipinski definition) is 4. The number of pyridine rings is 1. The van der Waals surface area contributed by atoms with Gasteiger partial charge in [-0.1, -0.05) is 17.8 Å². The van der Waals surface area contributed by atoms with E-state index in [1.807, 2.05) is 25.1 Å². The first-order chi connectivity index (χ1) is 8.25. The zero-order valence-corrected chi connectivity index (χ0v) is 10.2. The first-order valence-electron chi connectivity index (χ1n) is 5.12. The molecule has 0 aliphatic rings. The molecule has 2 aromatic rings. The largest absolute Gasteiger partial charge is 0.378 e. The van der Waals surface area contributed by atoms with Crippen molar-refractivity contribution in [1.29, 1.82) is 0 Å². The number of aliphatic imine (C=N–C) groups is 1. The summed E-state index contributed by atoms with van der Waals surface area (Å²) in [4.78, 5) is 15.5. The Morgan fingerprint density at radius 2 is 2.35 bits per heavy atom. The van der Waals surface area contributed by atoms with E-state index in [0.29, 0.717) is 16.7 Å². The third kappa shape index (κ3) is 3.32. The number of H-pyrrole nitrogens is 1. The minimum absolute atomic E-state index is 0.492. The molecule has 0 radical (unpaired) electrons. The molecular formula is C11H13N5S. The second kappa shape index (κ2) is 5.49. The average Bonchev–Trinajstić information content (AvgIpc) is 2.74. The van der Waals surface area contributed by atoms with Crippen LogP contribution in [0.25, 0.3) is 0 Å². The standard InChI is InChI=1S/C11H13N5S/c1-8-9(15-7-14-8)6-17-11(12)16-10-4-2-3-5-13-10/h2-5,7H,6H2,1H3,(H,14,15)(H2,12,13,16). The second-order valence-corrected chi connectivity index (χ2v) is 4.40. The number of nitrogens with one attached hydrogen (secondary N) is 1. The highest BCUT2D eigenvalue weighted by molar-refractivity contribution is 8.13. The van der Waals surface area contributed by atoms with Crippen LogP contribution in [0.4, 0.5) is 5.82 Å². The van der Waals surface area contributed by atoms with E-state index in [2.05, 4.69) is 19.9 Å². The van der Waals surface area contributed by atoms with Crippen LogP contribution in [-0.4, -0.2) is 20.1 Å². The molecule has 0 saturated heterocycles. The molecule has 0 amide bonds. The highest BCUT2D eigenvalue weighted by atomic mass is 32.2. The van der Waals surface area contributed by atoms with Gasteiger partial charge in [0.2, 0.25) is 0 Å². The van der Waals surface area contributed by atoms with Crippen molar-refractivity contribution in [2.24, 2.45) is 10.7 Å². The van der Waals surface area contributed by atoms with Gasteiger partial charge in [-0.2, -0.15) is 0 Å². The smallest absolute Gasteiger partial charge is 0.161 e. The van der Waals surface area contributed by atoms with Crippen LogP contribution in [0.1, 0.15) is 11.4 Å². The Morgan fingerprint density at radius 3 is 3.00 bits per heavy atom. The van der Waals surface area contributed by atoms with Gasteiger partial charge in [0.15, 0.2) is 11.0 Å². The van der Waals surface area contributed by atoms with Gasteiger partial charge >= 0.3 is 0 Å². The van der Waals surface area contributed by atoms with Crippen molar-refractivity contribution in [2.45, 2.75) is 12.7 Å². The van der Waals surface area contributed by atoms with E-state index in [0.717, 1.165) is 11.4 Å². The van der Waals surface area contributed by atoms with Crippen LogP contribution >= 0.6 is 11.8 Å². The lowest BCUT2D eigenvalue weighted by Gasteiger charge is -1.99. The van der Waals surface area contributed by atoms with Crippen LogP contribution in [0.3, 0.4) is 0 Å². The highest BCUT2D eigenvalue weighted by Gasteiger charge is 2.03. The summed E-state index contributed by atoms with van der Waals surface area (Å²) in [5.41, 5.74) is 7.86. The summed E-state index contributed by atoms with van der Waals surface area (Å²) in [6, 6.07) is 5.53. The Hall–Kier alpha value is -1.82. The van der Waals surface area contributed by atoms with Gasteiger partial charge in [0.1, 0.15) is 0 Å². The Balaban J connectivity index is 1.96. The summed E-state index contributed by atoms with van der Waals surface area (Å²) in [5.74, 6) is 1.33. The zero-order valence-electron chi connectivity index (χ0n) is 9.42. The van der Waals surface area contributed by atoms with Crippen molar-refractivity contribution >= 4 is 22.7 Å². The quantitative estimate of drug-likeness (QED) is 0.642. The molecule has 5 nitrogen and oxygen atoms in total. The van der Waals surface area contributed by atoms with Gasteiger partial charge in [-0.3, -0.25) is 0 Å². The lowest BCUT2D eigenvalue weighted by Crippen LogP contribution is -2.06. The third-order valence-corrected chi connectivity index (χ3v) is 2.97. The number of aryl methyl sites for hydroxylation is 1. The number of rotatable bonds is 3. The van der Waals surface area contributed by atoms with Gasteiger partial charge in [0.25, 0.3) is 0 Å². The molecule has 2 aromatic heterocycles. The maximum atomic E-state index is 5.81. The second-order valence-electron chi connectivity index (χ2n) is 3.40. The van der Waals surface area contributed by atoms with Crippen molar-refractivity contribution in [3.63, 3.8) is 0 Å². The van der Waals surface area contributed by atoms with Crippen LogP contribution in [0.15, 0.2) is 35.7 Å². The minimum atomic E-state index is 0.492. The summed E-state index contributed by atoms with van der Waals surface area (Å²) in [5, 5.41) is 0.492. The molecule has 0 spiro atoms. The summed E-state index contributed by atoms with van der Waals surface area (Å²) >= 11 is 1.45. The number of hydrogen-bond donors (Lipinski definition) is 2. The van der Waals surface area contributed by atoms with Crippen molar-refractivity contribution in [2.75, 3.05) is 0 Å². The molecule has 0 atom stereocenters. The Labute approximate surface area is 104 Å². The summed E-state index contributed by atoms with van der Waals surface area (Å²) in [6.07, 6.45) is 3.37. The first kappa shape index (κ1) is 11.7. The molecule has 3 N–H and O–H groups in total. The van der Waals surface area contributed by atoms with E-state index in [4.69, 9.17) is 5.73 Å². The summed E-state index contributed by atoms with van der Waals surface area (Å²) in [7, 11) is 0. The van der Waals surface area contributed by atoms with Crippen LogP contribution in [0.2, 0.25) is 0 Å². The van der Waals surface area contributed by atoms with Crippen LogP contribution in [0.5, 0.6) is 0 Å². The molecule has 0 fully saturated rings. The van der Waals surface area contributed by atoms with Crippen LogP contribution < -0.4 is 5.73 Å². The molecule has 6 heteroatoms. The topological polar surface area (TPSA) is 80.0 Å². The van der Waals surface area contributed by atoms with E-state index in [1.54, 1.807) is 12.5 Å². The predicted octanol–water partition coefficient (Wildman–Crippen LogP) is 1.99. The molecule has 2 heterocycles. The fourth-order valence-electron chi connectivity index (χ4n) is 1.24. The Morgan fingerprint density at radius 1 is 1.47 bits per heavy atom. The molecule has 0 aliphatic heterocycles. The molecule has 0 aliphatic carbocycles. The zero-order chi connectivity index (χ0) is 12.1. The van der Waals surface area contributed by atoms with Crippen LogP contribution in [-0.2, 0) is 5.75 Å². The van der Waals surface area contributed by atoms with Gasteiger partial charge in [-0.05, 0) is 19.1 Å². The molecule has 0 aromatic carbocycles. The van der Waals surface area contributed by atoms with E-state index in [-0.39, 0.29) is 0 Å². The van der Waals surface area contributed by atoms with Crippen molar-refractivity contribution in [3.05, 3.63) is 42.1 Å². The molecule has 0 bridgehead atoms. The molecule has 2 rings (SSSR count). The summed E-state index contributed by atoms with van der Waals surface area (Å²) < 4.78 is 0. The van der Waals surface area contributed by atoms with Crippen molar-refractivity contribution in [3.8, 4) is 0 Å². The number of aromatic amines is 1. The maximum Gasteiger partial charge on any atom is 0.161 e. The first-order valence-corrected chi connectivity index (χ1v) is 6.11. The van der Waals surface area contributed by atoms with E-state index < -0.39 is 0 Å². The maximum absolute atomic E-state index is 5.81. The van der Waals surface area contributed by atoms with Gasteiger partial charge < -0.3 is 10.7 Å². The Kier molecular flexibility index (Phi) is 3.77. The van der Waals surface area contributed by atoms with Crippen LogP contribution in [0, 0.1) is 6.92 Å². The van der Waals surface area contributed by atoms with E-state index >= 15 is 0 Å². The summed E-state index contributed by atoms with van der Waals surface area (Å²) in [6.45, 7) is 1.98. The van der Waals surface area contributed by atoms with E-state index in [9.17, 15) is 0 Å². The molecule has 17 heavy (non-hydrogen) atoms. The van der Waals surface area contributed by atoms with Gasteiger partial charge in [0.05, 0.1) is 12.0 Å². The monoisotopic (exact) mass is 247 g/mol. The fraction of sp³-hybridized carbons (Fsp3) is 0.182. The number of amidine groups is 1. The van der Waals surface area contributed by atoms with Gasteiger partial charge in [-0.25, -0.2) is 15.0 Å². The number of imidazole rings is 1. The number of aromatic nitrogens is 3. The SMILES string of the molecule is Cc1[nH]cnc1CSC(N)=Nc1ccccn1. The lowest BCUT2D eigenvalue weighted by molar-refractivity contribution is 1.19. The number of thioether (sulfide) groups is 1. The predicted molar refractivity (Wildman–Crippen MR) is 70.1 cm³/mol. The van der Waals surface area contributed by atoms with Crippen molar-refractivity contribution in [1.82, 2.24) is 15.0 Å². The van der Waals surface area contributed by atoms with E-state index in [1.165, 1.54) is 11.8 Å². The molecule has 0 unspecified atom stereocenters. The highest BCUT2D eigenvalue weighted by Crippen LogP contribution is 2.15. The Bertz CT molecular complexity index is 506. The number of nitrogens with two attached hydrogens (primary N) is 1. The average molecular weight is 247 g/mol. The fourth-order valence-corrected chi connectivity index (χ4v) is 1.97. The number of nitrogens with zero attached hydrogens (tertiary/aromatic N) is 3. The lowest BCUT2D eigenvalue weighted by atomic mass is 10.4. The third-order valence-electron chi connectivity index (χ3n) is 2.17. The molecular weight excluding hydrogens is 234 g/mol. The van der Waals surface area contributed by atoms with Gasteiger partial charge in [0, 0.05) is 17.6 Å². The normalized spacial score (nSPS) is 11.7. The molecule has 88 valence electrons. The molecule has 0 saturated carbocycles. The van der Waals surface area contributed by atoms with Gasteiger partial charge in [-0.15, -0.1) is 0 Å². The minimum Gasteiger partial charge on any atom is -0.378 e. The van der Waals surface area contributed by atoms with Crippen molar-refractivity contribution < 1.29 is 0 Å².